The van der Waals surface area contributed by atoms with Crippen LogP contribution in [0.3, 0.4) is 0 Å². The first-order valence-electron chi connectivity index (χ1n) is 10.7. The van der Waals surface area contributed by atoms with E-state index in [1.165, 1.54) is 7.05 Å². The number of nitrogens with two attached hydrogens (primary N) is 1. The molecule has 2 atom stereocenters. The standard InChI is InChI=1S/C25H26ClN5O3S/c1-16-18(5-4-6-23(16)30-28)14-24(25(32)31(2)35(3,33)34)29-21-10-7-17(8-11-21)22-12-9-20(26)13-19(22)15-27/h4-13,16,24,29H,14,28H2,1-3H3/t16?,24-/m0/s1. The molecule has 0 spiro atoms. The summed E-state index contributed by atoms with van der Waals surface area (Å²) in [5.74, 6) is 4.77. The SMILES string of the molecule is CC1C(C[C@H](Nc2ccc(-c3ccc(Cl)cc3C#N)cc2)C(=O)N(C)S(C)(=O)=O)=CC=CC1=NN. The number of likely N-dealkylation sites (N-methyl/N-ethyl adjacent to an activating group) is 1. The summed E-state index contributed by atoms with van der Waals surface area (Å²) in [7, 11) is -2.50. The third-order valence-electron chi connectivity index (χ3n) is 5.91. The Morgan fingerprint density at radius 2 is 1.97 bits per heavy atom. The van der Waals surface area contributed by atoms with Gasteiger partial charge in [-0.25, -0.2) is 12.7 Å². The monoisotopic (exact) mass is 511 g/mol. The first kappa shape index (κ1) is 26.0. The Kier molecular flexibility index (Phi) is 7.99. The maximum atomic E-state index is 13.2. The van der Waals surface area contributed by atoms with Crippen LogP contribution in [0, 0.1) is 17.2 Å². The maximum absolute atomic E-state index is 13.2. The summed E-state index contributed by atoms with van der Waals surface area (Å²) in [6.45, 7) is 1.93. The summed E-state index contributed by atoms with van der Waals surface area (Å²) in [4.78, 5) is 13.2. The Morgan fingerprint density at radius 3 is 2.57 bits per heavy atom. The summed E-state index contributed by atoms with van der Waals surface area (Å²) in [5.41, 5.74) is 4.16. The molecule has 0 saturated carbocycles. The lowest BCUT2D eigenvalue weighted by Crippen LogP contribution is -2.44. The number of halogens is 1. The molecule has 1 aliphatic carbocycles. The molecule has 10 heteroatoms. The molecule has 0 fully saturated rings. The van der Waals surface area contributed by atoms with Crippen LogP contribution < -0.4 is 11.2 Å². The van der Waals surface area contributed by atoms with Gasteiger partial charge in [0.25, 0.3) is 5.91 Å². The Hall–Kier alpha value is -3.61. The molecule has 2 aromatic carbocycles. The molecule has 0 bridgehead atoms. The molecular formula is C25H26ClN5O3S. The maximum Gasteiger partial charge on any atom is 0.258 e. The fourth-order valence-corrected chi connectivity index (χ4v) is 4.40. The number of amides is 1. The highest BCUT2D eigenvalue weighted by molar-refractivity contribution is 7.88. The third kappa shape index (κ3) is 6.10. The number of nitrogens with zero attached hydrogens (tertiary/aromatic N) is 3. The van der Waals surface area contributed by atoms with Gasteiger partial charge in [0, 0.05) is 23.7 Å². The van der Waals surface area contributed by atoms with Crippen molar-refractivity contribution in [2.45, 2.75) is 19.4 Å². The van der Waals surface area contributed by atoms with Crippen molar-refractivity contribution in [3.63, 3.8) is 0 Å². The molecule has 35 heavy (non-hydrogen) atoms. The van der Waals surface area contributed by atoms with Crippen LogP contribution in [0.4, 0.5) is 5.69 Å². The van der Waals surface area contributed by atoms with Gasteiger partial charge in [-0.15, -0.1) is 0 Å². The van der Waals surface area contributed by atoms with Crippen molar-refractivity contribution < 1.29 is 13.2 Å². The Balaban J connectivity index is 1.90. The number of hydrogen-bond donors (Lipinski definition) is 2. The van der Waals surface area contributed by atoms with Gasteiger partial charge < -0.3 is 11.2 Å². The van der Waals surface area contributed by atoms with Gasteiger partial charge in [0.1, 0.15) is 6.04 Å². The minimum Gasteiger partial charge on any atom is -0.373 e. The van der Waals surface area contributed by atoms with Gasteiger partial charge in [-0.3, -0.25) is 4.79 Å². The van der Waals surface area contributed by atoms with Gasteiger partial charge in [-0.1, -0.05) is 54.4 Å². The summed E-state index contributed by atoms with van der Waals surface area (Å²) < 4.78 is 24.8. The van der Waals surface area contributed by atoms with Crippen molar-refractivity contribution in [3.8, 4) is 17.2 Å². The van der Waals surface area contributed by atoms with E-state index >= 15 is 0 Å². The van der Waals surface area contributed by atoms with E-state index in [9.17, 15) is 18.5 Å². The second-order valence-electron chi connectivity index (χ2n) is 8.23. The van der Waals surface area contributed by atoms with Crippen LogP contribution in [0.25, 0.3) is 11.1 Å². The first-order chi connectivity index (χ1) is 16.5. The van der Waals surface area contributed by atoms with Crippen molar-refractivity contribution in [2.24, 2.45) is 16.9 Å². The molecule has 3 N–H and O–H groups in total. The normalized spacial score (nSPS) is 17.4. The number of carbonyl (C=O) groups excluding carboxylic acids is 1. The van der Waals surface area contributed by atoms with Crippen molar-refractivity contribution in [2.75, 3.05) is 18.6 Å². The topological polar surface area (TPSA) is 129 Å². The summed E-state index contributed by atoms with van der Waals surface area (Å²) in [6.07, 6.45) is 6.72. The molecule has 0 aliphatic heterocycles. The average Bonchev–Trinajstić information content (AvgIpc) is 2.83. The number of rotatable bonds is 7. The number of nitrogens with one attached hydrogen (secondary N) is 1. The molecule has 0 aromatic heterocycles. The molecule has 182 valence electrons. The third-order valence-corrected chi connectivity index (χ3v) is 7.32. The Labute approximate surface area is 210 Å². The van der Waals surface area contributed by atoms with Crippen LogP contribution in [0.1, 0.15) is 18.9 Å². The van der Waals surface area contributed by atoms with Gasteiger partial charge in [0.2, 0.25) is 10.0 Å². The molecule has 3 rings (SSSR count). The van der Waals surface area contributed by atoms with E-state index in [0.29, 0.717) is 22.0 Å². The Bertz CT molecular complexity index is 1360. The highest BCUT2D eigenvalue weighted by Crippen LogP contribution is 2.29. The van der Waals surface area contributed by atoms with Crippen LogP contribution in [0.5, 0.6) is 0 Å². The van der Waals surface area contributed by atoms with Crippen LogP contribution in [-0.2, 0) is 14.8 Å². The predicted octanol–water partition coefficient (Wildman–Crippen LogP) is 3.91. The lowest BCUT2D eigenvalue weighted by molar-refractivity contribution is -0.126. The van der Waals surface area contributed by atoms with Crippen LogP contribution >= 0.6 is 11.6 Å². The van der Waals surface area contributed by atoms with Gasteiger partial charge >= 0.3 is 0 Å². The molecule has 1 unspecified atom stereocenters. The Morgan fingerprint density at radius 1 is 1.29 bits per heavy atom. The quantitative estimate of drug-likeness (QED) is 0.428. The average molecular weight is 512 g/mol. The summed E-state index contributed by atoms with van der Waals surface area (Å²) in [5, 5.41) is 16.9. The molecule has 0 saturated heterocycles. The van der Waals surface area contributed by atoms with Crippen LogP contribution in [0.15, 0.2) is 71.4 Å². The zero-order valence-electron chi connectivity index (χ0n) is 19.6. The van der Waals surface area contributed by atoms with Crippen molar-refractivity contribution >= 4 is 38.9 Å². The smallest absolute Gasteiger partial charge is 0.258 e. The number of carbonyl (C=O) groups is 1. The number of sulfonamides is 1. The van der Waals surface area contributed by atoms with Crippen molar-refractivity contribution in [3.05, 3.63) is 76.9 Å². The zero-order chi connectivity index (χ0) is 25.8. The van der Waals surface area contributed by atoms with Gasteiger partial charge in [0.15, 0.2) is 0 Å². The minimum absolute atomic E-state index is 0.123. The summed E-state index contributed by atoms with van der Waals surface area (Å²) in [6, 6.07) is 13.6. The minimum atomic E-state index is -3.74. The highest BCUT2D eigenvalue weighted by atomic mass is 35.5. The van der Waals surface area contributed by atoms with E-state index in [-0.39, 0.29) is 12.3 Å². The lowest BCUT2D eigenvalue weighted by Gasteiger charge is -2.27. The number of nitriles is 1. The molecule has 1 amide bonds. The second-order valence-corrected chi connectivity index (χ2v) is 10.7. The van der Waals surface area contributed by atoms with Crippen LogP contribution in [-0.4, -0.2) is 43.7 Å². The number of allylic oxidation sites excluding steroid dienone is 3. The number of anilines is 1. The van der Waals surface area contributed by atoms with E-state index in [1.54, 1.807) is 42.5 Å². The van der Waals surface area contributed by atoms with Gasteiger partial charge in [-0.05, 0) is 47.9 Å². The molecule has 0 radical (unpaired) electrons. The second kappa shape index (κ2) is 10.8. The molecular weight excluding hydrogens is 486 g/mol. The highest BCUT2D eigenvalue weighted by Gasteiger charge is 2.30. The molecule has 1 aliphatic rings. The first-order valence-corrected chi connectivity index (χ1v) is 13.0. The lowest BCUT2D eigenvalue weighted by atomic mass is 9.87. The fraction of sp³-hybridized carbons (Fsp3) is 0.240. The van der Waals surface area contributed by atoms with E-state index < -0.39 is 22.0 Å². The fourth-order valence-electron chi connectivity index (χ4n) is 3.78. The van der Waals surface area contributed by atoms with Crippen molar-refractivity contribution in [1.82, 2.24) is 4.31 Å². The van der Waals surface area contributed by atoms with E-state index in [2.05, 4.69) is 16.5 Å². The molecule has 2 aromatic rings. The number of hydrazone groups is 1. The van der Waals surface area contributed by atoms with Crippen molar-refractivity contribution in [1.29, 1.82) is 5.26 Å². The van der Waals surface area contributed by atoms with Crippen LogP contribution in [0.2, 0.25) is 5.02 Å². The predicted molar refractivity (Wildman–Crippen MR) is 139 cm³/mol. The molecule has 0 heterocycles. The zero-order valence-corrected chi connectivity index (χ0v) is 21.1. The number of benzene rings is 2. The van der Waals surface area contributed by atoms with Gasteiger partial charge in [0.05, 0.1) is 23.6 Å². The largest absolute Gasteiger partial charge is 0.373 e. The van der Waals surface area contributed by atoms with E-state index in [1.807, 2.05) is 25.1 Å². The van der Waals surface area contributed by atoms with E-state index in [0.717, 1.165) is 27.3 Å². The summed E-state index contributed by atoms with van der Waals surface area (Å²) >= 11 is 6.00. The molecule has 8 nitrogen and oxygen atoms in total. The van der Waals surface area contributed by atoms with E-state index in [4.69, 9.17) is 17.4 Å². The number of hydrogen-bond acceptors (Lipinski definition) is 7. The van der Waals surface area contributed by atoms with Gasteiger partial charge in [-0.2, -0.15) is 10.4 Å².